The van der Waals surface area contributed by atoms with Gasteiger partial charge in [-0.15, -0.1) is 0 Å². The van der Waals surface area contributed by atoms with Crippen molar-refractivity contribution < 1.29 is 28.8 Å². The summed E-state index contributed by atoms with van der Waals surface area (Å²) in [6, 6.07) is 16.7. The van der Waals surface area contributed by atoms with Crippen LogP contribution < -0.4 is 34.5 Å². The SMILES string of the molecule is COc1ccc(CN(Cc2ccc(OC)cc2OC)c2nc(-c3cnccc3C)cc3cc(NC(=O)NC[C@H](C)O)ncc23)c(OC)c1. The zero-order valence-corrected chi connectivity index (χ0v) is 27.9. The maximum absolute atomic E-state index is 12.5. The van der Waals surface area contributed by atoms with Crippen LogP contribution in [-0.2, 0) is 13.1 Å². The summed E-state index contributed by atoms with van der Waals surface area (Å²) in [5, 5.41) is 16.5. The number of benzene rings is 2. The van der Waals surface area contributed by atoms with Crippen LogP contribution >= 0.6 is 0 Å². The first-order chi connectivity index (χ1) is 23.2. The highest BCUT2D eigenvalue weighted by Crippen LogP contribution is 2.36. The Kier molecular flexibility index (Phi) is 10.8. The van der Waals surface area contributed by atoms with E-state index in [1.54, 1.807) is 60.0 Å². The van der Waals surface area contributed by atoms with Gasteiger partial charge in [0.05, 0.1) is 40.2 Å². The molecule has 1 atom stereocenters. The number of fused-ring (bicyclic) bond motifs is 1. The van der Waals surface area contributed by atoms with E-state index in [1.807, 2.05) is 55.5 Å². The minimum Gasteiger partial charge on any atom is -0.497 e. The average Bonchev–Trinajstić information content (AvgIpc) is 3.10. The molecule has 0 saturated heterocycles. The number of aromatic nitrogens is 3. The number of aliphatic hydroxyl groups excluding tert-OH is 1. The monoisotopic (exact) mass is 652 g/mol. The second-order valence-electron chi connectivity index (χ2n) is 11.2. The maximum Gasteiger partial charge on any atom is 0.320 e. The number of amides is 2. The van der Waals surface area contributed by atoms with Crippen LogP contribution in [0.3, 0.4) is 0 Å². The third kappa shape index (κ3) is 7.84. The summed E-state index contributed by atoms with van der Waals surface area (Å²) >= 11 is 0. The summed E-state index contributed by atoms with van der Waals surface area (Å²) in [5.74, 6) is 3.68. The molecule has 0 aliphatic carbocycles. The Balaban J connectivity index is 1.68. The van der Waals surface area contributed by atoms with Gasteiger partial charge in [-0.25, -0.2) is 14.8 Å². The molecule has 12 nitrogen and oxygen atoms in total. The molecule has 5 rings (SSSR count). The summed E-state index contributed by atoms with van der Waals surface area (Å²) in [5.41, 5.74) is 4.39. The zero-order valence-electron chi connectivity index (χ0n) is 27.9. The predicted octanol–water partition coefficient (Wildman–Crippen LogP) is 5.74. The molecule has 0 unspecified atom stereocenters. The molecule has 0 spiro atoms. The molecule has 2 amide bonds. The lowest BCUT2D eigenvalue weighted by molar-refractivity contribution is 0.190. The number of carbonyl (C=O) groups is 1. The van der Waals surface area contributed by atoms with Gasteiger partial charge in [0, 0.05) is 72.4 Å². The van der Waals surface area contributed by atoms with Gasteiger partial charge in [0.2, 0.25) is 0 Å². The minimum atomic E-state index is -0.682. The average molecular weight is 653 g/mol. The van der Waals surface area contributed by atoms with Crippen molar-refractivity contribution in [1.29, 1.82) is 0 Å². The van der Waals surface area contributed by atoms with Gasteiger partial charge < -0.3 is 34.3 Å². The largest absolute Gasteiger partial charge is 0.497 e. The highest BCUT2D eigenvalue weighted by molar-refractivity contribution is 5.98. The first kappa shape index (κ1) is 33.7. The third-order valence-electron chi connectivity index (χ3n) is 7.82. The molecule has 12 heteroatoms. The molecule has 3 N–H and O–H groups in total. The molecule has 3 heterocycles. The maximum atomic E-state index is 12.5. The van der Waals surface area contributed by atoms with E-state index >= 15 is 0 Å². The second-order valence-corrected chi connectivity index (χ2v) is 11.2. The van der Waals surface area contributed by atoms with Gasteiger partial charge >= 0.3 is 6.03 Å². The van der Waals surface area contributed by atoms with Crippen LogP contribution in [0.5, 0.6) is 23.0 Å². The number of ether oxygens (including phenoxy) is 4. The van der Waals surface area contributed by atoms with E-state index in [1.165, 1.54) is 0 Å². The number of carbonyl (C=O) groups excluding carboxylic acids is 1. The quantitative estimate of drug-likeness (QED) is 0.144. The molecule has 2 aromatic carbocycles. The molecule has 0 radical (unpaired) electrons. The van der Waals surface area contributed by atoms with Gasteiger partial charge in [0.15, 0.2) is 0 Å². The van der Waals surface area contributed by atoms with Gasteiger partial charge in [-0.1, -0.05) is 0 Å². The lowest BCUT2D eigenvalue weighted by Crippen LogP contribution is -2.34. The lowest BCUT2D eigenvalue weighted by Gasteiger charge is -2.28. The number of aryl methyl sites for hydroxylation is 1. The van der Waals surface area contributed by atoms with E-state index in [9.17, 15) is 9.90 Å². The molecule has 0 fully saturated rings. The van der Waals surface area contributed by atoms with E-state index in [-0.39, 0.29) is 6.54 Å². The van der Waals surface area contributed by atoms with Crippen LogP contribution in [-0.4, -0.2) is 67.2 Å². The summed E-state index contributed by atoms with van der Waals surface area (Å²) in [6.45, 7) is 4.52. The first-order valence-electron chi connectivity index (χ1n) is 15.3. The fraction of sp³-hybridized carbons (Fsp3) is 0.278. The van der Waals surface area contributed by atoms with Gasteiger partial charge in [0.25, 0.3) is 0 Å². The predicted molar refractivity (Wildman–Crippen MR) is 185 cm³/mol. The third-order valence-corrected chi connectivity index (χ3v) is 7.82. The van der Waals surface area contributed by atoms with Crippen LogP contribution in [0, 0.1) is 6.92 Å². The van der Waals surface area contributed by atoms with Gasteiger partial charge in [-0.05, 0) is 67.3 Å². The molecule has 0 bridgehead atoms. The van der Waals surface area contributed by atoms with E-state index in [4.69, 9.17) is 23.9 Å². The standard InChI is InChI=1S/C36H40N6O6/c1-22-11-12-37-18-29(22)31-13-26-14-34(41-36(44)39-17-23(2)43)38-19-30(26)35(40-31)42(20-24-7-9-27(45-3)15-32(24)47-5)21-25-8-10-28(46-4)16-33(25)48-6/h7-16,18-19,23,43H,17,20-21H2,1-6H3,(H2,38,39,41,44)/t23-/m0/s1. The van der Waals surface area contributed by atoms with Gasteiger partial charge in [-0.3, -0.25) is 10.3 Å². The van der Waals surface area contributed by atoms with Crippen molar-refractivity contribution in [1.82, 2.24) is 20.3 Å². The number of anilines is 2. The van der Waals surface area contributed by atoms with Gasteiger partial charge in [-0.2, -0.15) is 0 Å². The Bertz CT molecular complexity index is 1840. The molecular formula is C36H40N6O6. The Labute approximate surface area is 279 Å². The van der Waals surface area contributed by atoms with Crippen LogP contribution in [0.2, 0.25) is 0 Å². The van der Waals surface area contributed by atoms with Crippen molar-refractivity contribution in [3.8, 4) is 34.3 Å². The minimum absolute atomic E-state index is 0.108. The molecule has 5 aromatic rings. The smallest absolute Gasteiger partial charge is 0.320 e. The van der Waals surface area contributed by atoms with Gasteiger partial charge in [0.1, 0.15) is 34.6 Å². The number of hydrogen-bond acceptors (Lipinski definition) is 10. The number of nitrogens with one attached hydrogen (secondary N) is 2. The number of methoxy groups -OCH3 is 4. The highest BCUT2D eigenvalue weighted by atomic mass is 16.5. The zero-order chi connectivity index (χ0) is 34.2. The summed E-state index contributed by atoms with van der Waals surface area (Å²) in [4.78, 5) is 28.8. The number of hydrogen-bond donors (Lipinski definition) is 3. The Morgan fingerprint density at radius 1 is 0.875 bits per heavy atom. The van der Waals surface area contributed by atoms with E-state index in [2.05, 4.69) is 25.5 Å². The number of urea groups is 1. The van der Waals surface area contributed by atoms with E-state index < -0.39 is 12.1 Å². The number of nitrogens with zero attached hydrogens (tertiary/aromatic N) is 4. The van der Waals surface area contributed by atoms with Crippen LogP contribution in [0.4, 0.5) is 16.4 Å². The van der Waals surface area contributed by atoms with Crippen molar-refractivity contribution in [2.75, 3.05) is 45.2 Å². The van der Waals surface area contributed by atoms with Crippen LogP contribution in [0.1, 0.15) is 23.6 Å². The summed E-state index contributed by atoms with van der Waals surface area (Å²) in [6.07, 6.45) is 4.56. The summed E-state index contributed by atoms with van der Waals surface area (Å²) < 4.78 is 22.5. The Morgan fingerprint density at radius 2 is 1.52 bits per heavy atom. The van der Waals surface area contributed by atoms with Crippen molar-refractivity contribution in [2.24, 2.45) is 0 Å². The fourth-order valence-electron chi connectivity index (χ4n) is 5.29. The lowest BCUT2D eigenvalue weighted by atomic mass is 10.0. The van der Waals surface area contributed by atoms with Crippen LogP contribution in [0.15, 0.2) is 73.2 Å². The van der Waals surface area contributed by atoms with E-state index in [0.29, 0.717) is 53.4 Å². The summed E-state index contributed by atoms with van der Waals surface area (Å²) in [7, 11) is 6.49. The number of aliphatic hydroxyl groups is 1. The molecular weight excluding hydrogens is 612 g/mol. The normalized spacial score (nSPS) is 11.5. The number of rotatable bonds is 13. The number of pyridine rings is 3. The first-order valence-corrected chi connectivity index (χ1v) is 15.3. The van der Waals surface area contributed by atoms with Crippen LogP contribution in [0.25, 0.3) is 22.0 Å². The second kappa shape index (κ2) is 15.3. The Morgan fingerprint density at radius 3 is 2.08 bits per heavy atom. The molecule has 3 aromatic heterocycles. The molecule has 48 heavy (non-hydrogen) atoms. The molecule has 0 saturated carbocycles. The van der Waals surface area contributed by atoms with Crippen molar-refractivity contribution in [3.63, 3.8) is 0 Å². The molecule has 0 aliphatic heterocycles. The Hall–Kier alpha value is -5.62. The van der Waals surface area contributed by atoms with Crippen molar-refractivity contribution >= 4 is 28.4 Å². The van der Waals surface area contributed by atoms with Crippen molar-refractivity contribution in [3.05, 3.63) is 89.9 Å². The molecule has 0 aliphatic rings. The topological polar surface area (TPSA) is 140 Å². The van der Waals surface area contributed by atoms with Crippen molar-refractivity contribution in [2.45, 2.75) is 33.0 Å². The highest BCUT2D eigenvalue weighted by Gasteiger charge is 2.21. The fourth-order valence-corrected chi connectivity index (χ4v) is 5.29. The molecule has 250 valence electrons. The van der Waals surface area contributed by atoms with E-state index in [0.717, 1.165) is 33.0 Å².